The van der Waals surface area contributed by atoms with Crippen molar-refractivity contribution >= 4 is 17.3 Å². The number of rotatable bonds is 4. The third-order valence-corrected chi connectivity index (χ3v) is 3.73. The normalized spacial score (nSPS) is 10.6. The number of benzene rings is 2. The van der Waals surface area contributed by atoms with Crippen LogP contribution in [0, 0.1) is 13.8 Å². The predicted octanol–water partition coefficient (Wildman–Crippen LogP) is 2.18. The number of nitrogens with zero attached hydrogens (tertiary/aromatic N) is 4. The molecule has 7 nitrogen and oxygen atoms in total. The Morgan fingerprint density at radius 2 is 1.96 bits per heavy atom. The largest absolute Gasteiger partial charge is 0.398 e. The number of hydrogen-bond acceptors (Lipinski definition) is 5. The number of carbonyl (C=O) groups is 1. The zero-order valence-corrected chi connectivity index (χ0v) is 13.5. The number of carbonyl (C=O) groups excluding carboxylic acids is 1. The maximum Gasteiger partial charge on any atom is 0.248 e. The van der Waals surface area contributed by atoms with Gasteiger partial charge in [-0.2, -0.15) is 4.80 Å². The maximum atomic E-state index is 12.1. The highest BCUT2D eigenvalue weighted by Gasteiger charge is 2.11. The summed E-state index contributed by atoms with van der Waals surface area (Å²) in [4.78, 5) is 13.4. The number of amides is 1. The Morgan fingerprint density at radius 3 is 2.71 bits per heavy atom. The Hall–Kier alpha value is -3.22. The molecule has 0 saturated carbocycles. The molecule has 0 aliphatic rings. The van der Waals surface area contributed by atoms with Crippen LogP contribution in [-0.2, 0) is 11.3 Å². The molecular formula is C17H18N6O. The van der Waals surface area contributed by atoms with Crippen LogP contribution in [0.3, 0.4) is 0 Å². The van der Waals surface area contributed by atoms with Gasteiger partial charge >= 0.3 is 0 Å². The Morgan fingerprint density at radius 1 is 1.17 bits per heavy atom. The van der Waals surface area contributed by atoms with Crippen molar-refractivity contribution in [3.8, 4) is 11.4 Å². The molecule has 0 bridgehead atoms. The molecular weight excluding hydrogens is 304 g/mol. The van der Waals surface area contributed by atoms with E-state index in [1.807, 2.05) is 50.2 Å². The molecule has 0 spiro atoms. The van der Waals surface area contributed by atoms with Gasteiger partial charge in [-0.15, -0.1) is 10.2 Å². The number of aromatic nitrogens is 4. The first-order chi connectivity index (χ1) is 11.5. The topological polar surface area (TPSA) is 98.7 Å². The van der Waals surface area contributed by atoms with Crippen LogP contribution in [0.25, 0.3) is 11.4 Å². The molecule has 0 atom stereocenters. The van der Waals surface area contributed by atoms with Crippen molar-refractivity contribution in [3.05, 3.63) is 53.6 Å². The van der Waals surface area contributed by atoms with Crippen molar-refractivity contribution in [2.24, 2.45) is 0 Å². The fourth-order valence-electron chi connectivity index (χ4n) is 2.27. The summed E-state index contributed by atoms with van der Waals surface area (Å²) < 4.78 is 0. The molecule has 1 aromatic heterocycles. The zero-order chi connectivity index (χ0) is 17.1. The van der Waals surface area contributed by atoms with Crippen molar-refractivity contribution in [1.82, 2.24) is 20.2 Å². The predicted molar refractivity (Wildman–Crippen MR) is 92.2 cm³/mol. The molecule has 0 unspecified atom stereocenters. The summed E-state index contributed by atoms with van der Waals surface area (Å²) in [7, 11) is 0. The maximum absolute atomic E-state index is 12.1. The average molecular weight is 322 g/mol. The van der Waals surface area contributed by atoms with Crippen LogP contribution in [0.2, 0.25) is 0 Å². The van der Waals surface area contributed by atoms with Crippen LogP contribution in [0.5, 0.6) is 0 Å². The van der Waals surface area contributed by atoms with Crippen molar-refractivity contribution in [1.29, 1.82) is 0 Å². The Labute approximate surface area is 139 Å². The van der Waals surface area contributed by atoms with E-state index >= 15 is 0 Å². The van der Waals surface area contributed by atoms with Gasteiger partial charge < -0.3 is 11.1 Å². The molecule has 3 N–H and O–H groups in total. The van der Waals surface area contributed by atoms with Gasteiger partial charge in [0.1, 0.15) is 6.54 Å². The van der Waals surface area contributed by atoms with E-state index in [1.165, 1.54) is 10.4 Å². The van der Waals surface area contributed by atoms with Gasteiger partial charge in [-0.05, 0) is 54.5 Å². The molecule has 0 aliphatic carbocycles. The van der Waals surface area contributed by atoms with Gasteiger partial charge in [-0.1, -0.05) is 18.2 Å². The number of hydrogen-bond donors (Lipinski definition) is 2. The van der Waals surface area contributed by atoms with Crippen molar-refractivity contribution in [3.63, 3.8) is 0 Å². The van der Waals surface area contributed by atoms with Crippen molar-refractivity contribution in [2.75, 3.05) is 11.1 Å². The third-order valence-electron chi connectivity index (χ3n) is 3.73. The first-order valence-electron chi connectivity index (χ1n) is 7.53. The lowest BCUT2D eigenvalue weighted by molar-refractivity contribution is -0.117. The second-order valence-corrected chi connectivity index (χ2v) is 5.58. The van der Waals surface area contributed by atoms with E-state index < -0.39 is 0 Å². The summed E-state index contributed by atoms with van der Waals surface area (Å²) in [5, 5.41) is 14.9. The fraction of sp³-hybridized carbons (Fsp3) is 0.176. The fourth-order valence-corrected chi connectivity index (χ4v) is 2.27. The van der Waals surface area contributed by atoms with E-state index in [0.29, 0.717) is 17.1 Å². The Balaban J connectivity index is 1.69. The quantitative estimate of drug-likeness (QED) is 0.717. The van der Waals surface area contributed by atoms with Crippen LogP contribution in [0.1, 0.15) is 11.1 Å². The summed E-state index contributed by atoms with van der Waals surface area (Å²) in [6.07, 6.45) is 0. The first-order valence-corrected chi connectivity index (χ1v) is 7.53. The molecule has 122 valence electrons. The van der Waals surface area contributed by atoms with E-state index in [4.69, 9.17) is 5.73 Å². The van der Waals surface area contributed by atoms with Crippen LogP contribution < -0.4 is 11.1 Å². The first kappa shape index (κ1) is 15.7. The van der Waals surface area contributed by atoms with E-state index in [-0.39, 0.29) is 12.5 Å². The summed E-state index contributed by atoms with van der Waals surface area (Å²) in [5.41, 5.74) is 10.2. The monoisotopic (exact) mass is 322 g/mol. The summed E-state index contributed by atoms with van der Waals surface area (Å²) in [6, 6.07) is 13.0. The second kappa shape index (κ2) is 6.49. The minimum absolute atomic E-state index is 0.0212. The minimum atomic E-state index is -0.219. The lowest BCUT2D eigenvalue weighted by Crippen LogP contribution is -2.20. The van der Waals surface area contributed by atoms with Gasteiger partial charge in [-0.25, -0.2) is 0 Å². The molecule has 0 saturated heterocycles. The van der Waals surface area contributed by atoms with E-state index in [1.54, 1.807) is 6.07 Å². The van der Waals surface area contributed by atoms with Gasteiger partial charge in [0, 0.05) is 16.9 Å². The molecule has 24 heavy (non-hydrogen) atoms. The molecule has 1 amide bonds. The number of anilines is 2. The van der Waals surface area contributed by atoms with Gasteiger partial charge in [0.2, 0.25) is 11.7 Å². The highest BCUT2D eigenvalue weighted by Crippen LogP contribution is 2.20. The lowest BCUT2D eigenvalue weighted by atomic mass is 10.1. The molecule has 3 aromatic rings. The Kier molecular flexibility index (Phi) is 4.24. The molecule has 1 heterocycles. The van der Waals surface area contributed by atoms with Gasteiger partial charge in [0.05, 0.1) is 0 Å². The Bertz CT molecular complexity index is 886. The van der Waals surface area contributed by atoms with Gasteiger partial charge in [0.25, 0.3) is 0 Å². The summed E-state index contributed by atoms with van der Waals surface area (Å²) >= 11 is 0. The second-order valence-electron chi connectivity index (χ2n) is 5.58. The van der Waals surface area contributed by atoms with Gasteiger partial charge in [0.15, 0.2) is 0 Å². The molecule has 7 heteroatoms. The number of nitrogens with two attached hydrogens (primary N) is 1. The highest BCUT2D eigenvalue weighted by molar-refractivity contribution is 5.90. The highest BCUT2D eigenvalue weighted by atomic mass is 16.2. The number of tetrazole rings is 1. The number of para-hydroxylation sites is 1. The standard InChI is InChI=1S/C17H18N6O/c1-11-7-8-13(9-12(11)2)19-16(24)10-23-21-17(20-22-23)14-5-3-4-6-15(14)18/h3-9H,10,18H2,1-2H3,(H,19,24). The lowest BCUT2D eigenvalue weighted by Gasteiger charge is -2.07. The molecule has 2 aromatic carbocycles. The molecule has 0 radical (unpaired) electrons. The minimum Gasteiger partial charge on any atom is -0.398 e. The average Bonchev–Trinajstić information content (AvgIpc) is 2.99. The molecule has 3 rings (SSSR count). The van der Waals surface area contributed by atoms with E-state index in [9.17, 15) is 4.79 Å². The van der Waals surface area contributed by atoms with Crippen molar-refractivity contribution < 1.29 is 4.79 Å². The third kappa shape index (κ3) is 3.40. The summed E-state index contributed by atoms with van der Waals surface area (Å²) in [5.74, 6) is 0.176. The van der Waals surface area contributed by atoms with Gasteiger partial charge in [-0.3, -0.25) is 4.79 Å². The van der Waals surface area contributed by atoms with E-state index in [0.717, 1.165) is 11.3 Å². The zero-order valence-electron chi connectivity index (χ0n) is 13.5. The van der Waals surface area contributed by atoms with Crippen LogP contribution >= 0.6 is 0 Å². The molecule has 0 aliphatic heterocycles. The van der Waals surface area contributed by atoms with Crippen LogP contribution in [0.15, 0.2) is 42.5 Å². The number of nitrogen functional groups attached to an aromatic ring is 1. The van der Waals surface area contributed by atoms with E-state index in [2.05, 4.69) is 20.7 Å². The smallest absolute Gasteiger partial charge is 0.248 e. The molecule has 0 fully saturated rings. The SMILES string of the molecule is Cc1ccc(NC(=O)Cn2nnc(-c3ccccc3N)n2)cc1C. The number of nitrogens with one attached hydrogen (secondary N) is 1. The summed E-state index contributed by atoms with van der Waals surface area (Å²) in [6.45, 7) is 4.00. The van der Waals surface area contributed by atoms with Crippen LogP contribution in [-0.4, -0.2) is 26.1 Å². The van der Waals surface area contributed by atoms with Crippen molar-refractivity contribution in [2.45, 2.75) is 20.4 Å². The number of aryl methyl sites for hydroxylation is 2. The van der Waals surface area contributed by atoms with Crippen LogP contribution in [0.4, 0.5) is 11.4 Å².